The number of nitrogens with two attached hydrogens (primary N) is 1. The molecule has 0 unspecified atom stereocenters. The van der Waals surface area contributed by atoms with Crippen molar-refractivity contribution in [3.8, 4) is 0 Å². The van der Waals surface area contributed by atoms with Crippen LogP contribution in [0.15, 0.2) is 18.7 Å². The third-order valence-corrected chi connectivity index (χ3v) is 2.26. The van der Waals surface area contributed by atoms with Crippen LogP contribution in [-0.2, 0) is 12.8 Å². The molecule has 0 radical (unpaired) electrons. The predicted octanol–water partition coefficient (Wildman–Crippen LogP) is 0.289. The summed E-state index contributed by atoms with van der Waals surface area (Å²) in [7, 11) is 0. The zero-order chi connectivity index (χ0) is 11.2. The van der Waals surface area contributed by atoms with Crippen LogP contribution in [0.3, 0.4) is 0 Å². The SMILES string of the molecule is NCCc1c[nH]c(NCCc2c[nH]cn2)n1. The normalized spacial score (nSPS) is 10.6. The van der Waals surface area contributed by atoms with Crippen LogP contribution >= 0.6 is 0 Å². The van der Waals surface area contributed by atoms with E-state index in [-0.39, 0.29) is 0 Å². The highest BCUT2D eigenvalue weighted by molar-refractivity contribution is 5.26. The number of rotatable bonds is 6. The number of hydrogen-bond acceptors (Lipinski definition) is 4. The van der Waals surface area contributed by atoms with E-state index in [0.717, 1.165) is 36.7 Å². The predicted molar refractivity (Wildman–Crippen MR) is 62.1 cm³/mol. The summed E-state index contributed by atoms with van der Waals surface area (Å²) in [6, 6.07) is 0. The molecule has 0 aliphatic heterocycles. The summed E-state index contributed by atoms with van der Waals surface area (Å²) in [6.07, 6.45) is 7.13. The second-order valence-corrected chi connectivity index (χ2v) is 3.52. The van der Waals surface area contributed by atoms with E-state index in [1.54, 1.807) is 6.33 Å². The Labute approximate surface area is 93.7 Å². The van der Waals surface area contributed by atoms with Crippen molar-refractivity contribution in [2.75, 3.05) is 18.4 Å². The topological polar surface area (TPSA) is 95.4 Å². The summed E-state index contributed by atoms with van der Waals surface area (Å²) >= 11 is 0. The van der Waals surface area contributed by atoms with Crippen molar-refractivity contribution in [1.29, 1.82) is 0 Å². The van der Waals surface area contributed by atoms with Gasteiger partial charge in [-0.2, -0.15) is 0 Å². The Morgan fingerprint density at radius 2 is 2.19 bits per heavy atom. The second kappa shape index (κ2) is 5.32. The van der Waals surface area contributed by atoms with Crippen LogP contribution in [0.4, 0.5) is 5.95 Å². The minimum atomic E-state index is 0.623. The first-order valence-electron chi connectivity index (χ1n) is 5.34. The minimum Gasteiger partial charge on any atom is -0.355 e. The van der Waals surface area contributed by atoms with Crippen LogP contribution in [0.2, 0.25) is 0 Å². The van der Waals surface area contributed by atoms with E-state index < -0.39 is 0 Å². The lowest BCUT2D eigenvalue weighted by Crippen LogP contribution is -2.07. The highest BCUT2D eigenvalue weighted by atomic mass is 15.1. The third-order valence-electron chi connectivity index (χ3n) is 2.26. The minimum absolute atomic E-state index is 0.623. The molecule has 0 saturated carbocycles. The summed E-state index contributed by atoms with van der Waals surface area (Å²) in [6.45, 7) is 1.43. The summed E-state index contributed by atoms with van der Waals surface area (Å²) in [4.78, 5) is 14.5. The maximum Gasteiger partial charge on any atom is 0.200 e. The van der Waals surface area contributed by atoms with Gasteiger partial charge in [-0.1, -0.05) is 0 Å². The number of H-pyrrole nitrogens is 2. The molecule has 0 aliphatic rings. The molecule has 0 saturated heterocycles. The molecule has 5 N–H and O–H groups in total. The largest absolute Gasteiger partial charge is 0.355 e. The highest BCUT2D eigenvalue weighted by Crippen LogP contribution is 2.02. The van der Waals surface area contributed by atoms with Gasteiger partial charge in [-0.3, -0.25) is 0 Å². The first-order chi connectivity index (χ1) is 7.88. The van der Waals surface area contributed by atoms with Crippen molar-refractivity contribution in [2.45, 2.75) is 12.8 Å². The molecule has 0 amide bonds. The van der Waals surface area contributed by atoms with Gasteiger partial charge >= 0.3 is 0 Å². The van der Waals surface area contributed by atoms with E-state index in [2.05, 4.69) is 25.3 Å². The standard InChI is InChI=1S/C10H16N6/c11-3-1-9-6-14-10(16-9)13-4-2-8-5-12-7-15-8/h5-7H,1-4,11H2,(H,12,15)(H2,13,14,16). The molecule has 0 aromatic carbocycles. The zero-order valence-corrected chi connectivity index (χ0v) is 9.03. The third kappa shape index (κ3) is 2.83. The van der Waals surface area contributed by atoms with Crippen molar-refractivity contribution in [2.24, 2.45) is 5.73 Å². The first-order valence-corrected chi connectivity index (χ1v) is 5.34. The zero-order valence-electron chi connectivity index (χ0n) is 9.03. The molecule has 2 heterocycles. The molecular formula is C10H16N6. The Morgan fingerprint density at radius 3 is 2.94 bits per heavy atom. The van der Waals surface area contributed by atoms with Crippen LogP contribution in [0.5, 0.6) is 0 Å². The Bertz CT molecular complexity index is 405. The molecule has 0 atom stereocenters. The maximum atomic E-state index is 5.45. The first kappa shape index (κ1) is 10.7. The molecular weight excluding hydrogens is 204 g/mol. The number of imidazole rings is 2. The van der Waals surface area contributed by atoms with Gasteiger partial charge < -0.3 is 21.0 Å². The quantitative estimate of drug-likeness (QED) is 0.562. The summed E-state index contributed by atoms with van der Waals surface area (Å²) < 4.78 is 0. The van der Waals surface area contributed by atoms with Crippen LogP contribution in [0.25, 0.3) is 0 Å². The number of aromatic amines is 2. The molecule has 2 aromatic rings. The number of aromatic nitrogens is 4. The maximum absolute atomic E-state index is 5.45. The van der Waals surface area contributed by atoms with Crippen LogP contribution in [0.1, 0.15) is 11.4 Å². The average Bonchev–Trinajstić information content (AvgIpc) is 2.90. The molecule has 0 bridgehead atoms. The van der Waals surface area contributed by atoms with E-state index in [4.69, 9.17) is 5.73 Å². The second-order valence-electron chi connectivity index (χ2n) is 3.52. The number of anilines is 1. The van der Waals surface area contributed by atoms with Gasteiger partial charge in [0, 0.05) is 31.8 Å². The van der Waals surface area contributed by atoms with Gasteiger partial charge in [-0.25, -0.2) is 9.97 Å². The van der Waals surface area contributed by atoms with Crippen molar-refractivity contribution < 1.29 is 0 Å². The number of nitrogens with one attached hydrogen (secondary N) is 3. The molecule has 16 heavy (non-hydrogen) atoms. The fourth-order valence-electron chi connectivity index (χ4n) is 1.46. The van der Waals surface area contributed by atoms with Gasteiger partial charge in [0.1, 0.15) is 0 Å². The van der Waals surface area contributed by atoms with Gasteiger partial charge in [-0.15, -0.1) is 0 Å². The van der Waals surface area contributed by atoms with Crippen molar-refractivity contribution >= 4 is 5.95 Å². The lowest BCUT2D eigenvalue weighted by molar-refractivity contribution is 0.927. The lowest BCUT2D eigenvalue weighted by Gasteiger charge is -1.99. The van der Waals surface area contributed by atoms with Gasteiger partial charge in [0.2, 0.25) is 0 Å². The smallest absolute Gasteiger partial charge is 0.200 e. The Hall–Kier alpha value is -1.82. The van der Waals surface area contributed by atoms with E-state index in [9.17, 15) is 0 Å². The lowest BCUT2D eigenvalue weighted by atomic mass is 10.3. The van der Waals surface area contributed by atoms with Crippen LogP contribution in [-0.4, -0.2) is 33.0 Å². The molecule has 2 rings (SSSR count). The van der Waals surface area contributed by atoms with Crippen LogP contribution in [0, 0.1) is 0 Å². The van der Waals surface area contributed by atoms with Gasteiger partial charge in [0.25, 0.3) is 0 Å². The van der Waals surface area contributed by atoms with E-state index in [1.807, 2.05) is 12.4 Å². The summed E-state index contributed by atoms with van der Waals surface area (Å²) in [5.74, 6) is 0.791. The van der Waals surface area contributed by atoms with E-state index in [0.29, 0.717) is 6.54 Å². The average molecular weight is 220 g/mol. The molecule has 0 fully saturated rings. The van der Waals surface area contributed by atoms with Crippen molar-refractivity contribution in [1.82, 2.24) is 19.9 Å². The molecule has 2 aromatic heterocycles. The van der Waals surface area contributed by atoms with E-state index in [1.165, 1.54) is 0 Å². The molecule has 86 valence electrons. The van der Waals surface area contributed by atoms with Crippen LogP contribution < -0.4 is 11.1 Å². The summed E-state index contributed by atoms with van der Waals surface area (Å²) in [5.41, 5.74) is 7.48. The monoisotopic (exact) mass is 220 g/mol. The van der Waals surface area contributed by atoms with E-state index >= 15 is 0 Å². The fourth-order valence-corrected chi connectivity index (χ4v) is 1.46. The Balaban J connectivity index is 1.76. The number of nitrogens with zero attached hydrogens (tertiary/aromatic N) is 2. The van der Waals surface area contributed by atoms with Crippen molar-refractivity contribution in [3.63, 3.8) is 0 Å². The fraction of sp³-hybridized carbons (Fsp3) is 0.400. The van der Waals surface area contributed by atoms with Gasteiger partial charge in [0.15, 0.2) is 5.95 Å². The molecule has 6 heteroatoms. The molecule has 0 spiro atoms. The number of hydrogen-bond donors (Lipinski definition) is 4. The van der Waals surface area contributed by atoms with Gasteiger partial charge in [0.05, 0.1) is 17.7 Å². The van der Waals surface area contributed by atoms with Crippen molar-refractivity contribution in [3.05, 3.63) is 30.1 Å². The Morgan fingerprint density at radius 1 is 1.25 bits per heavy atom. The molecule has 0 aliphatic carbocycles. The Kier molecular flexibility index (Phi) is 3.55. The molecule has 6 nitrogen and oxygen atoms in total. The highest BCUT2D eigenvalue weighted by Gasteiger charge is 2.00. The summed E-state index contributed by atoms with van der Waals surface area (Å²) in [5, 5.41) is 3.20. The van der Waals surface area contributed by atoms with Gasteiger partial charge in [-0.05, 0) is 6.54 Å².